The molecule has 0 spiro atoms. The zero-order chi connectivity index (χ0) is 22.1. The number of nitrogens with zero attached hydrogens (tertiary/aromatic N) is 5. The van der Waals surface area contributed by atoms with Crippen molar-refractivity contribution >= 4 is 12.0 Å². The van der Waals surface area contributed by atoms with Crippen LogP contribution in [0.15, 0.2) is 41.4 Å². The van der Waals surface area contributed by atoms with Crippen LogP contribution in [0.1, 0.15) is 5.56 Å². The van der Waals surface area contributed by atoms with E-state index in [9.17, 15) is 9.65 Å². The lowest BCUT2D eigenvalue weighted by atomic mass is 10.0. The molecule has 2 aromatic carbocycles. The Kier molecular flexibility index (Phi) is 8.78. The fourth-order valence-electron chi connectivity index (χ4n) is 2.69. The van der Waals surface area contributed by atoms with Crippen molar-refractivity contribution in [3.63, 3.8) is 0 Å². The van der Waals surface area contributed by atoms with Crippen LogP contribution < -0.4 is 4.74 Å². The molecule has 0 aromatic heterocycles. The van der Waals surface area contributed by atoms with Gasteiger partial charge in [-0.1, -0.05) is 12.1 Å². The van der Waals surface area contributed by atoms with Crippen LogP contribution in [-0.2, 0) is 0 Å². The van der Waals surface area contributed by atoms with E-state index in [-0.39, 0.29) is 5.75 Å². The molecule has 0 heterocycles. The van der Waals surface area contributed by atoms with Gasteiger partial charge in [-0.3, -0.25) is 0 Å². The molecule has 0 radical (unpaired) electrons. The van der Waals surface area contributed by atoms with Crippen molar-refractivity contribution < 1.29 is 9.13 Å². The fourth-order valence-corrected chi connectivity index (χ4v) is 2.69. The van der Waals surface area contributed by atoms with Gasteiger partial charge in [-0.15, -0.1) is 0 Å². The maximum Gasteiger partial charge on any atom is 0.165 e. The number of aliphatic imine (C=N–C) groups is 1. The molecule has 30 heavy (non-hydrogen) atoms. The standard InChI is InChI=1S/C23H30FN5O/c1-27(2)10-11-29(5)12-13-30-23-9-7-19(15-21(23)24)18-6-8-22(20(14-18)16-25)26-17-28(3)4/h6-9,14-15,17H,10-13H2,1-5H3. The minimum atomic E-state index is -0.420. The number of hydrogen-bond donors (Lipinski definition) is 0. The molecule has 0 bridgehead atoms. The number of likely N-dealkylation sites (N-methyl/N-ethyl adjacent to an activating group) is 2. The summed E-state index contributed by atoms with van der Waals surface area (Å²) in [6.45, 7) is 3.02. The minimum Gasteiger partial charge on any atom is -0.489 e. The summed E-state index contributed by atoms with van der Waals surface area (Å²) in [7, 11) is 9.80. The summed E-state index contributed by atoms with van der Waals surface area (Å²) in [5, 5.41) is 9.43. The highest BCUT2D eigenvalue weighted by atomic mass is 19.1. The lowest BCUT2D eigenvalue weighted by Crippen LogP contribution is -2.31. The summed E-state index contributed by atoms with van der Waals surface area (Å²) in [6.07, 6.45) is 1.64. The molecule has 0 saturated carbocycles. The second-order valence-electron chi connectivity index (χ2n) is 7.65. The van der Waals surface area contributed by atoms with E-state index >= 15 is 0 Å². The fraction of sp³-hybridized carbons (Fsp3) is 0.391. The predicted octanol–water partition coefficient (Wildman–Crippen LogP) is 3.46. The number of rotatable bonds is 10. The topological polar surface area (TPSA) is 55.1 Å². The molecule has 0 fully saturated rings. The molecule has 0 aliphatic rings. The summed E-state index contributed by atoms with van der Waals surface area (Å²) in [5.41, 5.74) is 2.45. The Hall–Kier alpha value is -2.95. The smallest absolute Gasteiger partial charge is 0.165 e. The molecular weight excluding hydrogens is 381 g/mol. The van der Waals surface area contributed by atoms with E-state index in [0.29, 0.717) is 23.4 Å². The van der Waals surface area contributed by atoms with Gasteiger partial charge in [-0.05, 0) is 56.5 Å². The largest absolute Gasteiger partial charge is 0.489 e. The molecule has 0 aliphatic heterocycles. The Balaban J connectivity index is 2.05. The van der Waals surface area contributed by atoms with E-state index < -0.39 is 5.82 Å². The molecule has 2 aromatic rings. The van der Waals surface area contributed by atoms with Gasteiger partial charge in [-0.25, -0.2) is 9.38 Å². The van der Waals surface area contributed by atoms with Crippen LogP contribution >= 0.6 is 0 Å². The van der Waals surface area contributed by atoms with Gasteiger partial charge in [0, 0.05) is 33.7 Å². The summed E-state index contributed by atoms with van der Waals surface area (Å²) in [5.74, 6) is -0.191. The van der Waals surface area contributed by atoms with E-state index in [1.54, 1.807) is 35.5 Å². The first-order chi connectivity index (χ1) is 14.3. The van der Waals surface area contributed by atoms with Crippen molar-refractivity contribution in [2.75, 3.05) is 61.5 Å². The van der Waals surface area contributed by atoms with Crippen LogP contribution in [-0.4, -0.2) is 82.5 Å². The summed E-state index contributed by atoms with van der Waals surface area (Å²) >= 11 is 0. The van der Waals surface area contributed by atoms with Gasteiger partial charge in [0.25, 0.3) is 0 Å². The second-order valence-corrected chi connectivity index (χ2v) is 7.65. The van der Waals surface area contributed by atoms with Crippen LogP contribution in [0.25, 0.3) is 11.1 Å². The molecule has 0 aliphatic carbocycles. The molecule has 0 N–H and O–H groups in total. The van der Waals surface area contributed by atoms with Crippen molar-refractivity contribution in [1.82, 2.24) is 14.7 Å². The van der Waals surface area contributed by atoms with E-state index in [1.807, 2.05) is 41.3 Å². The van der Waals surface area contributed by atoms with Crippen molar-refractivity contribution in [2.45, 2.75) is 0 Å². The Bertz CT molecular complexity index is 905. The molecule has 0 unspecified atom stereocenters. The van der Waals surface area contributed by atoms with Crippen LogP contribution in [0.4, 0.5) is 10.1 Å². The molecule has 160 valence electrons. The first-order valence-electron chi connectivity index (χ1n) is 9.81. The number of halogens is 1. The molecule has 7 heteroatoms. The Morgan fingerprint density at radius 1 is 1.00 bits per heavy atom. The monoisotopic (exact) mass is 411 g/mol. The number of nitriles is 1. The van der Waals surface area contributed by atoms with Crippen molar-refractivity contribution in [3.8, 4) is 22.9 Å². The van der Waals surface area contributed by atoms with Gasteiger partial charge in [0.1, 0.15) is 12.7 Å². The van der Waals surface area contributed by atoms with E-state index in [2.05, 4.69) is 20.9 Å². The minimum absolute atomic E-state index is 0.229. The van der Waals surface area contributed by atoms with E-state index in [0.717, 1.165) is 25.2 Å². The van der Waals surface area contributed by atoms with Crippen molar-refractivity contribution in [1.29, 1.82) is 5.26 Å². The van der Waals surface area contributed by atoms with Gasteiger partial charge < -0.3 is 19.4 Å². The average Bonchev–Trinajstić information content (AvgIpc) is 2.71. The highest BCUT2D eigenvalue weighted by Gasteiger charge is 2.09. The average molecular weight is 412 g/mol. The van der Waals surface area contributed by atoms with Gasteiger partial charge in [0.05, 0.1) is 17.6 Å². The summed E-state index contributed by atoms with van der Waals surface area (Å²) < 4.78 is 20.2. The van der Waals surface area contributed by atoms with Gasteiger partial charge in [0.15, 0.2) is 11.6 Å². The highest BCUT2D eigenvalue weighted by Crippen LogP contribution is 2.29. The normalized spacial score (nSPS) is 11.3. The second kappa shape index (κ2) is 11.3. The van der Waals surface area contributed by atoms with Gasteiger partial charge in [0.2, 0.25) is 0 Å². The SMILES string of the molecule is CN(C)C=Nc1ccc(-c2ccc(OCCN(C)CCN(C)C)c(F)c2)cc1C#N. The summed E-state index contributed by atoms with van der Waals surface area (Å²) in [4.78, 5) is 10.4. The Morgan fingerprint density at radius 2 is 1.70 bits per heavy atom. The molecule has 0 atom stereocenters. The maximum absolute atomic E-state index is 14.5. The molecule has 0 saturated heterocycles. The molecule has 0 amide bonds. The third kappa shape index (κ3) is 7.14. The molecule has 6 nitrogen and oxygen atoms in total. The zero-order valence-electron chi connectivity index (χ0n) is 18.4. The first kappa shape index (κ1) is 23.3. The van der Waals surface area contributed by atoms with E-state index in [4.69, 9.17) is 4.74 Å². The maximum atomic E-state index is 14.5. The summed E-state index contributed by atoms with van der Waals surface area (Å²) in [6, 6.07) is 12.3. The number of hydrogen-bond acceptors (Lipinski definition) is 5. The van der Waals surface area contributed by atoms with Crippen LogP contribution in [0, 0.1) is 17.1 Å². The number of benzene rings is 2. The quantitative estimate of drug-likeness (QED) is 0.443. The third-order valence-corrected chi connectivity index (χ3v) is 4.47. The Morgan fingerprint density at radius 3 is 2.33 bits per heavy atom. The van der Waals surface area contributed by atoms with Crippen molar-refractivity contribution in [3.05, 3.63) is 47.8 Å². The third-order valence-electron chi connectivity index (χ3n) is 4.47. The van der Waals surface area contributed by atoms with Gasteiger partial charge in [-0.2, -0.15) is 5.26 Å². The molecular formula is C23H30FN5O. The molecule has 2 rings (SSSR count). The van der Waals surface area contributed by atoms with Gasteiger partial charge >= 0.3 is 0 Å². The van der Waals surface area contributed by atoms with Crippen LogP contribution in [0.3, 0.4) is 0 Å². The first-order valence-corrected chi connectivity index (χ1v) is 9.81. The Labute approximate surface area is 178 Å². The number of ether oxygens (including phenoxy) is 1. The van der Waals surface area contributed by atoms with Crippen LogP contribution in [0.2, 0.25) is 0 Å². The predicted molar refractivity (Wildman–Crippen MR) is 120 cm³/mol. The van der Waals surface area contributed by atoms with Crippen LogP contribution in [0.5, 0.6) is 5.75 Å². The van der Waals surface area contributed by atoms with E-state index in [1.165, 1.54) is 6.07 Å². The highest BCUT2D eigenvalue weighted by molar-refractivity contribution is 5.72. The zero-order valence-corrected chi connectivity index (χ0v) is 18.4. The lowest BCUT2D eigenvalue weighted by Gasteiger charge is -2.19. The van der Waals surface area contributed by atoms with Crippen molar-refractivity contribution in [2.24, 2.45) is 4.99 Å². The lowest BCUT2D eigenvalue weighted by molar-refractivity contribution is 0.217.